The molecule has 0 spiro atoms. The summed E-state index contributed by atoms with van der Waals surface area (Å²) in [6, 6.07) is 9.47. The van der Waals surface area contributed by atoms with Crippen LogP contribution in [0.2, 0.25) is 0 Å². The number of methoxy groups -OCH3 is 1. The number of amides is 1. The van der Waals surface area contributed by atoms with Gasteiger partial charge >= 0.3 is 0 Å². The Morgan fingerprint density at radius 1 is 1.17 bits per heavy atom. The van der Waals surface area contributed by atoms with E-state index in [2.05, 4.69) is 15.3 Å². The smallest absolute Gasteiger partial charge is 0.228 e. The fourth-order valence-electron chi connectivity index (χ4n) is 2.96. The fraction of sp³-hybridized carbons (Fsp3) is 0.389. The van der Waals surface area contributed by atoms with Gasteiger partial charge in [-0.3, -0.25) is 4.79 Å². The highest BCUT2D eigenvalue weighted by molar-refractivity contribution is 5.92. The molecule has 0 radical (unpaired) electrons. The van der Waals surface area contributed by atoms with Gasteiger partial charge in [0, 0.05) is 17.5 Å². The minimum atomic E-state index is 0.0694. The maximum absolute atomic E-state index is 12.3. The third-order valence-electron chi connectivity index (χ3n) is 4.26. The van der Waals surface area contributed by atoms with Gasteiger partial charge in [0.1, 0.15) is 17.9 Å². The maximum atomic E-state index is 12.3. The third kappa shape index (κ3) is 3.86. The van der Waals surface area contributed by atoms with Crippen LogP contribution in [-0.2, 0) is 4.79 Å². The van der Waals surface area contributed by atoms with Crippen LogP contribution in [0.15, 0.2) is 36.7 Å². The molecule has 1 aromatic carbocycles. The lowest BCUT2D eigenvalue weighted by Crippen LogP contribution is -2.25. The number of carbonyl (C=O) groups excluding carboxylic acids is 1. The van der Waals surface area contributed by atoms with Crippen molar-refractivity contribution in [3.8, 4) is 17.0 Å². The quantitative estimate of drug-likeness (QED) is 0.935. The van der Waals surface area contributed by atoms with Crippen molar-refractivity contribution in [2.45, 2.75) is 32.1 Å². The van der Waals surface area contributed by atoms with E-state index in [1.54, 1.807) is 13.2 Å². The van der Waals surface area contributed by atoms with Crippen LogP contribution >= 0.6 is 0 Å². The summed E-state index contributed by atoms with van der Waals surface area (Å²) in [5.41, 5.74) is 1.69. The van der Waals surface area contributed by atoms with Crippen molar-refractivity contribution in [1.82, 2.24) is 9.97 Å². The number of hydrogen-bond donors (Lipinski definition) is 1. The van der Waals surface area contributed by atoms with Crippen molar-refractivity contribution in [1.29, 1.82) is 0 Å². The van der Waals surface area contributed by atoms with Crippen LogP contribution in [0.5, 0.6) is 5.75 Å². The first-order valence-corrected chi connectivity index (χ1v) is 8.03. The highest BCUT2D eigenvalue weighted by Crippen LogP contribution is 2.26. The van der Waals surface area contributed by atoms with Gasteiger partial charge in [-0.15, -0.1) is 0 Å². The molecular weight excluding hydrogens is 290 g/mol. The van der Waals surface area contributed by atoms with E-state index in [0.717, 1.165) is 42.7 Å². The van der Waals surface area contributed by atoms with Crippen molar-refractivity contribution in [2.24, 2.45) is 5.92 Å². The lowest BCUT2D eigenvalue weighted by Gasteiger charge is -2.20. The standard InChI is InChI=1S/C18H21N3O2/c1-23-15-9-5-8-14(10-15)16-11-17(20-12-19-16)21-18(22)13-6-3-2-4-7-13/h5,8-13H,2-4,6-7H2,1H3,(H,19,20,21,22). The Hall–Kier alpha value is -2.43. The van der Waals surface area contributed by atoms with Crippen molar-refractivity contribution in [2.75, 3.05) is 12.4 Å². The van der Waals surface area contributed by atoms with E-state index in [-0.39, 0.29) is 11.8 Å². The lowest BCUT2D eigenvalue weighted by molar-refractivity contribution is -0.120. The molecule has 3 rings (SSSR count). The molecule has 120 valence electrons. The number of nitrogens with zero attached hydrogens (tertiary/aromatic N) is 2. The predicted molar refractivity (Wildman–Crippen MR) is 89.2 cm³/mol. The predicted octanol–water partition coefficient (Wildman–Crippen LogP) is 3.67. The van der Waals surface area contributed by atoms with E-state index in [4.69, 9.17) is 4.74 Å². The van der Waals surface area contributed by atoms with Gasteiger partial charge in [-0.2, -0.15) is 0 Å². The van der Waals surface area contributed by atoms with Gasteiger partial charge in [-0.25, -0.2) is 9.97 Å². The number of carbonyl (C=O) groups is 1. The SMILES string of the molecule is COc1cccc(-c2cc(NC(=O)C3CCCCC3)ncn2)c1. The normalized spacial score (nSPS) is 15.2. The van der Waals surface area contributed by atoms with Crippen LogP contribution in [0, 0.1) is 5.92 Å². The van der Waals surface area contributed by atoms with Gasteiger partial charge in [0.15, 0.2) is 0 Å². The van der Waals surface area contributed by atoms with Crippen LogP contribution in [0.25, 0.3) is 11.3 Å². The molecular formula is C18H21N3O2. The average Bonchev–Trinajstić information content (AvgIpc) is 2.63. The van der Waals surface area contributed by atoms with E-state index in [1.807, 2.05) is 24.3 Å². The van der Waals surface area contributed by atoms with E-state index in [0.29, 0.717) is 5.82 Å². The van der Waals surface area contributed by atoms with Crippen molar-refractivity contribution < 1.29 is 9.53 Å². The summed E-state index contributed by atoms with van der Waals surface area (Å²) in [4.78, 5) is 20.8. The first kappa shape index (κ1) is 15.5. The number of aromatic nitrogens is 2. The van der Waals surface area contributed by atoms with Crippen molar-refractivity contribution in [3.05, 3.63) is 36.7 Å². The van der Waals surface area contributed by atoms with Gasteiger partial charge in [0.2, 0.25) is 5.91 Å². The van der Waals surface area contributed by atoms with Gasteiger partial charge < -0.3 is 10.1 Å². The minimum absolute atomic E-state index is 0.0694. The Labute approximate surface area is 136 Å². The fourth-order valence-corrected chi connectivity index (χ4v) is 2.96. The molecule has 5 nitrogen and oxygen atoms in total. The Morgan fingerprint density at radius 3 is 2.78 bits per heavy atom. The molecule has 0 unspecified atom stereocenters. The summed E-state index contributed by atoms with van der Waals surface area (Å²) >= 11 is 0. The zero-order chi connectivity index (χ0) is 16.1. The van der Waals surface area contributed by atoms with E-state index >= 15 is 0 Å². The molecule has 0 saturated heterocycles. The number of nitrogens with one attached hydrogen (secondary N) is 1. The largest absolute Gasteiger partial charge is 0.497 e. The molecule has 1 amide bonds. The molecule has 5 heteroatoms. The van der Waals surface area contributed by atoms with Crippen LogP contribution in [0.3, 0.4) is 0 Å². The van der Waals surface area contributed by atoms with Crippen LogP contribution in [-0.4, -0.2) is 23.0 Å². The Balaban J connectivity index is 1.75. The molecule has 1 heterocycles. The van der Waals surface area contributed by atoms with Crippen molar-refractivity contribution in [3.63, 3.8) is 0 Å². The van der Waals surface area contributed by atoms with Crippen LogP contribution in [0.1, 0.15) is 32.1 Å². The number of rotatable bonds is 4. The molecule has 1 aromatic heterocycles. The highest BCUT2D eigenvalue weighted by atomic mass is 16.5. The third-order valence-corrected chi connectivity index (χ3v) is 4.26. The van der Waals surface area contributed by atoms with Gasteiger partial charge in [0.25, 0.3) is 0 Å². The van der Waals surface area contributed by atoms with E-state index < -0.39 is 0 Å². The van der Waals surface area contributed by atoms with Crippen LogP contribution < -0.4 is 10.1 Å². The molecule has 1 aliphatic rings. The number of anilines is 1. The molecule has 1 fully saturated rings. The monoisotopic (exact) mass is 311 g/mol. The van der Waals surface area contributed by atoms with Gasteiger partial charge in [0.05, 0.1) is 12.8 Å². The van der Waals surface area contributed by atoms with Gasteiger partial charge in [-0.1, -0.05) is 31.4 Å². The van der Waals surface area contributed by atoms with E-state index in [9.17, 15) is 4.79 Å². The Kier molecular flexibility index (Phi) is 4.86. The molecule has 0 aliphatic heterocycles. The Bertz CT molecular complexity index is 681. The second-order valence-electron chi connectivity index (χ2n) is 5.84. The molecule has 2 aromatic rings. The maximum Gasteiger partial charge on any atom is 0.228 e. The number of hydrogen-bond acceptors (Lipinski definition) is 4. The topological polar surface area (TPSA) is 64.1 Å². The summed E-state index contributed by atoms with van der Waals surface area (Å²) < 4.78 is 5.24. The first-order valence-electron chi connectivity index (χ1n) is 8.03. The second kappa shape index (κ2) is 7.22. The number of benzene rings is 1. The molecule has 23 heavy (non-hydrogen) atoms. The summed E-state index contributed by atoms with van der Waals surface area (Å²) in [6.45, 7) is 0. The van der Waals surface area contributed by atoms with Gasteiger partial charge in [-0.05, 0) is 25.0 Å². The van der Waals surface area contributed by atoms with Crippen molar-refractivity contribution >= 4 is 11.7 Å². The summed E-state index contributed by atoms with van der Waals surface area (Å²) in [5, 5.41) is 2.93. The lowest BCUT2D eigenvalue weighted by atomic mass is 9.89. The summed E-state index contributed by atoms with van der Waals surface area (Å²) in [5.74, 6) is 1.50. The zero-order valence-electron chi connectivity index (χ0n) is 13.3. The molecule has 0 bridgehead atoms. The first-order chi connectivity index (χ1) is 11.3. The summed E-state index contributed by atoms with van der Waals surface area (Å²) in [7, 11) is 1.63. The average molecular weight is 311 g/mol. The Morgan fingerprint density at radius 2 is 2.00 bits per heavy atom. The van der Waals surface area contributed by atoms with E-state index in [1.165, 1.54) is 12.7 Å². The van der Waals surface area contributed by atoms with Crippen LogP contribution in [0.4, 0.5) is 5.82 Å². The molecule has 0 atom stereocenters. The summed E-state index contributed by atoms with van der Waals surface area (Å²) in [6.07, 6.45) is 6.93. The number of ether oxygens (including phenoxy) is 1. The zero-order valence-corrected chi connectivity index (χ0v) is 13.3. The minimum Gasteiger partial charge on any atom is -0.497 e. The molecule has 1 N–H and O–H groups in total. The molecule has 1 saturated carbocycles. The second-order valence-corrected chi connectivity index (χ2v) is 5.84. The molecule has 1 aliphatic carbocycles. The highest BCUT2D eigenvalue weighted by Gasteiger charge is 2.21.